The van der Waals surface area contributed by atoms with Crippen LogP contribution in [0, 0.1) is 0 Å². The van der Waals surface area contributed by atoms with Crippen LogP contribution in [-0.4, -0.2) is 14.6 Å². The lowest BCUT2D eigenvalue weighted by Crippen LogP contribution is -1.94. The third-order valence-corrected chi connectivity index (χ3v) is 2.96. The van der Waals surface area contributed by atoms with E-state index >= 15 is 0 Å². The SMILES string of the molecule is Nc1c(Cc2ccccc2)nn2cc(Cl)cnc12. The van der Waals surface area contributed by atoms with Gasteiger partial charge in [-0.3, -0.25) is 0 Å². The summed E-state index contributed by atoms with van der Waals surface area (Å²) in [7, 11) is 0. The minimum absolute atomic E-state index is 0.538. The third kappa shape index (κ3) is 1.91. The number of halogens is 1. The lowest BCUT2D eigenvalue weighted by molar-refractivity contribution is 0.897. The number of hydrogen-bond acceptors (Lipinski definition) is 3. The second-order valence-electron chi connectivity index (χ2n) is 4.06. The maximum Gasteiger partial charge on any atom is 0.178 e. The van der Waals surface area contributed by atoms with Gasteiger partial charge >= 0.3 is 0 Å². The van der Waals surface area contributed by atoms with Crippen LogP contribution < -0.4 is 5.73 Å². The highest BCUT2D eigenvalue weighted by atomic mass is 35.5. The lowest BCUT2D eigenvalue weighted by atomic mass is 10.1. The number of benzene rings is 1. The van der Waals surface area contributed by atoms with E-state index in [9.17, 15) is 0 Å². The summed E-state index contributed by atoms with van der Waals surface area (Å²) in [4.78, 5) is 4.19. The van der Waals surface area contributed by atoms with E-state index < -0.39 is 0 Å². The molecule has 0 saturated heterocycles. The van der Waals surface area contributed by atoms with Gasteiger partial charge < -0.3 is 5.73 Å². The molecular weight excluding hydrogens is 248 g/mol. The van der Waals surface area contributed by atoms with Gasteiger partial charge in [0, 0.05) is 12.6 Å². The predicted molar refractivity (Wildman–Crippen MR) is 71.7 cm³/mol. The van der Waals surface area contributed by atoms with Crippen molar-refractivity contribution in [3.63, 3.8) is 0 Å². The number of nitrogen functional groups attached to an aromatic ring is 1. The molecule has 90 valence electrons. The van der Waals surface area contributed by atoms with Gasteiger partial charge in [0.25, 0.3) is 0 Å². The third-order valence-electron chi connectivity index (χ3n) is 2.77. The summed E-state index contributed by atoms with van der Waals surface area (Å²) in [6.07, 6.45) is 3.96. The van der Waals surface area contributed by atoms with Crippen LogP contribution in [0.3, 0.4) is 0 Å². The van der Waals surface area contributed by atoms with Gasteiger partial charge in [0.1, 0.15) is 5.69 Å². The normalized spacial score (nSPS) is 10.9. The Kier molecular flexibility index (Phi) is 2.64. The van der Waals surface area contributed by atoms with E-state index in [0.29, 0.717) is 22.8 Å². The first-order valence-corrected chi connectivity index (χ1v) is 5.94. The largest absolute Gasteiger partial charge is 0.394 e. The van der Waals surface area contributed by atoms with Crippen molar-refractivity contribution in [3.8, 4) is 0 Å². The minimum atomic E-state index is 0.538. The van der Waals surface area contributed by atoms with Crippen LogP contribution >= 0.6 is 11.6 Å². The van der Waals surface area contributed by atoms with E-state index in [0.717, 1.165) is 5.69 Å². The van der Waals surface area contributed by atoms with Crippen LogP contribution in [0.5, 0.6) is 0 Å². The summed E-state index contributed by atoms with van der Waals surface area (Å²) in [6.45, 7) is 0. The number of nitrogens with two attached hydrogens (primary N) is 1. The zero-order valence-electron chi connectivity index (χ0n) is 9.55. The average molecular weight is 259 g/mol. The predicted octanol–water partition coefficient (Wildman–Crippen LogP) is 2.56. The number of hydrogen-bond donors (Lipinski definition) is 1. The zero-order chi connectivity index (χ0) is 12.5. The van der Waals surface area contributed by atoms with Crippen molar-refractivity contribution in [2.45, 2.75) is 6.42 Å². The molecule has 0 amide bonds. The van der Waals surface area contributed by atoms with Crippen molar-refractivity contribution >= 4 is 22.9 Å². The lowest BCUT2D eigenvalue weighted by Gasteiger charge is -1.97. The Bertz CT molecular complexity index is 691. The molecular formula is C13H11ClN4. The molecule has 2 heterocycles. The van der Waals surface area contributed by atoms with Gasteiger partial charge in [-0.2, -0.15) is 5.10 Å². The van der Waals surface area contributed by atoms with Gasteiger partial charge in [0.15, 0.2) is 5.65 Å². The molecule has 4 nitrogen and oxygen atoms in total. The molecule has 0 aliphatic carbocycles. The fourth-order valence-corrected chi connectivity index (χ4v) is 2.04. The minimum Gasteiger partial charge on any atom is -0.394 e. The first-order chi connectivity index (χ1) is 8.74. The molecule has 0 aliphatic rings. The summed E-state index contributed by atoms with van der Waals surface area (Å²) < 4.78 is 1.62. The average Bonchev–Trinajstić information content (AvgIpc) is 2.67. The first kappa shape index (κ1) is 11.0. The van der Waals surface area contributed by atoms with E-state index in [4.69, 9.17) is 17.3 Å². The quantitative estimate of drug-likeness (QED) is 0.769. The summed E-state index contributed by atoms with van der Waals surface area (Å²) in [5.74, 6) is 0. The number of fused-ring (bicyclic) bond motifs is 1. The Balaban J connectivity index is 2.05. The number of rotatable bonds is 2. The van der Waals surface area contributed by atoms with Gasteiger partial charge in [0.05, 0.1) is 16.9 Å². The summed E-state index contributed by atoms with van der Waals surface area (Å²) in [5, 5.41) is 4.95. The van der Waals surface area contributed by atoms with Gasteiger partial charge in [0.2, 0.25) is 0 Å². The molecule has 0 fully saturated rings. The van der Waals surface area contributed by atoms with Gasteiger partial charge in [-0.15, -0.1) is 0 Å². The fraction of sp³-hybridized carbons (Fsp3) is 0.0769. The Morgan fingerprint density at radius 2 is 2.00 bits per heavy atom. The van der Waals surface area contributed by atoms with Crippen LogP contribution in [0.15, 0.2) is 42.7 Å². The highest BCUT2D eigenvalue weighted by molar-refractivity contribution is 6.30. The molecule has 0 spiro atoms. The van der Waals surface area contributed by atoms with Crippen molar-refractivity contribution in [1.29, 1.82) is 0 Å². The molecule has 0 unspecified atom stereocenters. The summed E-state index contributed by atoms with van der Waals surface area (Å²) >= 11 is 5.88. The van der Waals surface area contributed by atoms with Crippen molar-refractivity contribution < 1.29 is 0 Å². The molecule has 0 bridgehead atoms. The highest BCUT2D eigenvalue weighted by Crippen LogP contribution is 2.20. The molecule has 0 aliphatic heterocycles. The van der Waals surface area contributed by atoms with Crippen LogP contribution in [0.1, 0.15) is 11.3 Å². The van der Waals surface area contributed by atoms with Crippen molar-refractivity contribution in [3.05, 3.63) is 59.0 Å². The molecule has 0 atom stereocenters. The van der Waals surface area contributed by atoms with E-state index in [2.05, 4.69) is 10.1 Å². The fourth-order valence-electron chi connectivity index (χ4n) is 1.90. The second kappa shape index (κ2) is 4.31. The van der Waals surface area contributed by atoms with Crippen molar-refractivity contribution in [1.82, 2.24) is 14.6 Å². The van der Waals surface area contributed by atoms with Crippen LogP contribution in [-0.2, 0) is 6.42 Å². The Labute approximate surface area is 109 Å². The Hall–Kier alpha value is -2.07. The molecule has 1 aromatic carbocycles. The standard InChI is InChI=1S/C13H11ClN4/c14-10-7-16-13-12(15)11(17-18(13)8-10)6-9-4-2-1-3-5-9/h1-5,7-8H,6,15H2. The van der Waals surface area contributed by atoms with Crippen molar-refractivity contribution in [2.24, 2.45) is 0 Å². The molecule has 0 saturated carbocycles. The topological polar surface area (TPSA) is 56.2 Å². The van der Waals surface area contributed by atoms with E-state index in [1.165, 1.54) is 5.56 Å². The molecule has 2 N–H and O–H groups in total. The maximum absolute atomic E-state index is 6.05. The van der Waals surface area contributed by atoms with Crippen LogP contribution in [0.4, 0.5) is 5.69 Å². The molecule has 0 radical (unpaired) electrons. The molecule has 18 heavy (non-hydrogen) atoms. The van der Waals surface area contributed by atoms with E-state index in [1.54, 1.807) is 16.9 Å². The highest BCUT2D eigenvalue weighted by Gasteiger charge is 2.11. The number of anilines is 1. The zero-order valence-corrected chi connectivity index (χ0v) is 10.3. The van der Waals surface area contributed by atoms with Gasteiger partial charge in [-0.25, -0.2) is 9.50 Å². The number of nitrogens with zero attached hydrogens (tertiary/aromatic N) is 3. The molecule has 5 heteroatoms. The van der Waals surface area contributed by atoms with E-state index in [-0.39, 0.29) is 0 Å². The Morgan fingerprint density at radius 1 is 1.22 bits per heavy atom. The summed E-state index contributed by atoms with van der Waals surface area (Å²) in [5.41, 5.74) is 9.28. The summed E-state index contributed by atoms with van der Waals surface area (Å²) in [6, 6.07) is 10.1. The van der Waals surface area contributed by atoms with Crippen LogP contribution in [0.2, 0.25) is 5.02 Å². The first-order valence-electron chi connectivity index (χ1n) is 5.56. The van der Waals surface area contributed by atoms with Crippen molar-refractivity contribution in [2.75, 3.05) is 5.73 Å². The van der Waals surface area contributed by atoms with Crippen LogP contribution in [0.25, 0.3) is 5.65 Å². The molecule has 3 aromatic rings. The maximum atomic E-state index is 6.05. The molecule has 3 rings (SSSR count). The van der Waals surface area contributed by atoms with E-state index in [1.807, 2.05) is 30.3 Å². The van der Waals surface area contributed by atoms with Gasteiger partial charge in [-0.1, -0.05) is 41.9 Å². The monoisotopic (exact) mass is 258 g/mol. The number of aromatic nitrogens is 3. The molecule has 2 aromatic heterocycles. The second-order valence-corrected chi connectivity index (χ2v) is 4.50. The van der Waals surface area contributed by atoms with Gasteiger partial charge in [-0.05, 0) is 5.56 Å². The Morgan fingerprint density at radius 3 is 2.78 bits per heavy atom. The smallest absolute Gasteiger partial charge is 0.178 e.